The van der Waals surface area contributed by atoms with Crippen molar-refractivity contribution in [3.63, 3.8) is 0 Å². The molecule has 2 amide bonds. The van der Waals surface area contributed by atoms with Crippen LogP contribution in [-0.2, 0) is 18.3 Å². The Balaban J connectivity index is 1.60. The molecule has 0 aliphatic heterocycles. The lowest BCUT2D eigenvalue weighted by Crippen LogP contribution is -2.45. The summed E-state index contributed by atoms with van der Waals surface area (Å²) >= 11 is 0. The van der Waals surface area contributed by atoms with E-state index in [4.69, 9.17) is 0 Å². The molecule has 6 nitrogen and oxygen atoms in total. The fourth-order valence-corrected chi connectivity index (χ4v) is 3.42. The first-order valence-electron chi connectivity index (χ1n) is 9.72. The van der Waals surface area contributed by atoms with Gasteiger partial charge in [0.05, 0.1) is 23.0 Å². The average Bonchev–Trinajstić information content (AvgIpc) is 3.16. The lowest BCUT2D eigenvalue weighted by Gasteiger charge is -2.19. The molecule has 0 saturated carbocycles. The van der Waals surface area contributed by atoms with Crippen LogP contribution in [0.1, 0.15) is 15.9 Å². The third kappa shape index (κ3) is 4.22. The zero-order valence-electron chi connectivity index (χ0n) is 16.6. The molecule has 0 aliphatic carbocycles. The maximum Gasteiger partial charge on any atom is 0.251 e. The van der Waals surface area contributed by atoms with Crippen LogP contribution < -0.4 is 10.6 Å². The van der Waals surface area contributed by atoms with E-state index in [-0.39, 0.29) is 11.8 Å². The van der Waals surface area contributed by atoms with E-state index in [0.29, 0.717) is 17.7 Å². The number of para-hydroxylation sites is 1. The third-order valence-electron chi connectivity index (χ3n) is 4.94. The summed E-state index contributed by atoms with van der Waals surface area (Å²) in [5, 5.41) is 5.86. The average molecular weight is 398 g/mol. The normalized spacial score (nSPS) is 11.8. The topological polar surface area (TPSA) is 76.0 Å². The molecule has 30 heavy (non-hydrogen) atoms. The number of nitrogens with zero attached hydrogens (tertiary/aromatic N) is 2. The van der Waals surface area contributed by atoms with Gasteiger partial charge in [0.15, 0.2) is 0 Å². The molecule has 1 unspecified atom stereocenters. The molecule has 0 radical (unpaired) electrons. The van der Waals surface area contributed by atoms with Gasteiger partial charge in [0, 0.05) is 19.0 Å². The quantitative estimate of drug-likeness (QED) is 0.521. The third-order valence-corrected chi connectivity index (χ3v) is 4.94. The van der Waals surface area contributed by atoms with E-state index < -0.39 is 6.04 Å². The fraction of sp³-hybridized carbons (Fsp3) is 0.125. The van der Waals surface area contributed by atoms with Crippen molar-refractivity contribution in [1.29, 1.82) is 0 Å². The van der Waals surface area contributed by atoms with Gasteiger partial charge in [0.2, 0.25) is 5.91 Å². The number of benzene rings is 3. The standard InChI is InChI=1S/C24H22N4O2/c1-28-16-25-19-13-8-14-20(22(19)28)26-24(30)21(15-17-9-4-2-5-10-17)27-23(29)18-11-6-3-7-12-18/h2-14,16,21H,15H2,1H3,(H,26,30)(H,27,29). The summed E-state index contributed by atoms with van der Waals surface area (Å²) in [5.74, 6) is -0.567. The van der Waals surface area contributed by atoms with Gasteiger partial charge in [-0.25, -0.2) is 4.98 Å². The SMILES string of the molecule is Cn1cnc2cccc(NC(=O)C(Cc3ccccc3)NC(=O)c3ccccc3)c21. The van der Waals surface area contributed by atoms with E-state index >= 15 is 0 Å². The molecule has 0 bridgehead atoms. The van der Waals surface area contributed by atoms with Gasteiger partial charge in [-0.2, -0.15) is 0 Å². The van der Waals surface area contributed by atoms with Gasteiger partial charge in [0.25, 0.3) is 5.91 Å². The van der Waals surface area contributed by atoms with Crippen LogP contribution in [0.4, 0.5) is 5.69 Å². The summed E-state index contributed by atoms with van der Waals surface area (Å²) in [7, 11) is 1.88. The van der Waals surface area contributed by atoms with Crippen molar-refractivity contribution in [2.45, 2.75) is 12.5 Å². The molecule has 2 N–H and O–H groups in total. The lowest BCUT2D eigenvalue weighted by atomic mass is 10.0. The van der Waals surface area contributed by atoms with Gasteiger partial charge < -0.3 is 15.2 Å². The lowest BCUT2D eigenvalue weighted by molar-refractivity contribution is -0.118. The molecule has 0 saturated heterocycles. The number of fused-ring (bicyclic) bond motifs is 1. The van der Waals surface area contributed by atoms with Crippen LogP contribution in [0.25, 0.3) is 11.0 Å². The highest BCUT2D eigenvalue weighted by Crippen LogP contribution is 2.22. The van der Waals surface area contributed by atoms with Crippen molar-refractivity contribution in [3.05, 3.63) is 96.3 Å². The Bertz CT molecular complexity index is 1170. The van der Waals surface area contributed by atoms with Crippen LogP contribution in [0.2, 0.25) is 0 Å². The fourth-order valence-electron chi connectivity index (χ4n) is 3.42. The number of hydrogen-bond donors (Lipinski definition) is 2. The Morgan fingerprint density at radius 2 is 1.63 bits per heavy atom. The van der Waals surface area contributed by atoms with Crippen LogP contribution in [0.15, 0.2) is 85.2 Å². The molecule has 3 aromatic carbocycles. The highest BCUT2D eigenvalue weighted by molar-refractivity contribution is 6.04. The summed E-state index contributed by atoms with van der Waals surface area (Å²) in [6.45, 7) is 0. The largest absolute Gasteiger partial charge is 0.340 e. The molecule has 4 rings (SSSR count). The van der Waals surface area contributed by atoms with Crippen molar-refractivity contribution < 1.29 is 9.59 Å². The summed E-state index contributed by atoms with van der Waals surface area (Å²) in [6.07, 6.45) is 2.09. The number of rotatable bonds is 6. The first kappa shape index (κ1) is 19.4. The molecule has 0 aliphatic rings. The van der Waals surface area contributed by atoms with E-state index in [0.717, 1.165) is 16.6 Å². The Labute approximate surface area is 174 Å². The molecule has 0 spiro atoms. The minimum absolute atomic E-state index is 0.281. The summed E-state index contributed by atoms with van der Waals surface area (Å²) < 4.78 is 1.86. The Hall–Kier alpha value is -3.93. The molecule has 1 aromatic heterocycles. The van der Waals surface area contributed by atoms with E-state index in [9.17, 15) is 9.59 Å². The van der Waals surface area contributed by atoms with Gasteiger partial charge in [0.1, 0.15) is 6.04 Å². The smallest absolute Gasteiger partial charge is 0.251 e. The van der Waals surface area contributed by atoms with Gasteiger partial charge in [-0.3, -0.25) is 9.59 Å². The zero-order valence-corrected chi connectivity index (χ0v) is 16.6. The molecular formula is C24H22N4O2. The number of anilines is 1. The van der Waals surface area contributed by atoms with Crippen LogP contribution in [0, 0.1) is 0 Å². The predicted octanol–water partition coefficient (Wildman–Crippen LogP) is 3.55. The molecule has 4 aromatic rings. The maximum atomic E-state index is 13.2. The Kier molecular flexibility index (Phi) is 5.57. The van der Waals surface area contributed by atoms with Crippen LogP contribution in [0.5, 0.6) is 0 Å². The molecule has 1 atom stereocenters. The number of carbonyl (C=O) groups is 2. The number of imidazole rings is 1. The van der Waals surface area contributed by atoms with Crippen molar-refractivity contribution in [3.8, 4) is 0 Å². The Morgan fingerprint density at radius 3 is 2.37 bits per heavy atom. The number of nitrogens with one attached hydrogen (secondary N) is 2. The van der Waals surface area contributed by atoms with Crippen LogP contribution >= 0.6 is 0 Å². The summed E-state index contributed by atoms with van der Waals surface area (Å²) in [6, 6.07) is 23.4. The number of aryl methyl sites for hydroxylation is 1. The number of amides is 2. The van der Waals surface area contributed by atoms with Crippen molar-refractivity contribution in [2.24, 2.45) is 7.05 Å². The van der Waals surface area contributed by atoms with Gasteiger partial charge in [-0.15, -0.1) is 0 Å². The highest BCUT2D eigenvalue weighted by Gasteiger charge is 2.23. The molecule has 0 fully saturated rings. The highest BCUT2D eigenvalue weighted by atomic mass is 16.2. The van der Waals surface area contributed by atoms with Gasteiger partial charge in [-0.05, 0) is 29.8 Å². The predicted molar refractivity (Wildman–Crippen MR) is 117 cm³/mol. The van der Waals surface area contributed by atoms with E-state index in [2.05, 4.69) is 15.6 Å². The van der Waals surface area contributed by atoms with E-state index in [1.54, 1.807) is 30.6 Å². The monoisotopic (exact) mass is 398 g/mol. The van der Waals surface area contributed by atoms with Gasteiger partial charge in [-0.1, -0.05) is 54.6 Å². The number of hydrogen-bond acceptors (Lipinski definition) is 3. The minimum atomic E-state index is -0.733. The summed E-state index contributed by atoms with van der Waals surface area (Å²) in [5.41, 5.74) is 3.76. The van der Waals surface area contributed by atoms with E-state index in [1.165, 1.54) is 0 Å². The molecule has 150 valence electrons. The van der Waals surface area contributed by atoms with Crippen LogP contribution in [0.3, 0.4) is 0 Å². The molecule has 6 heteroatoms. The first-order chi connectivity index (χ1) is 14.6. The van der Waals surface area contributed by atoms with Crippen LogP contribution in [-0.4, -0.2) is 27.4 Å². The van der Waals surface area contributed by atoms with Crippen molar-refractivity contribution >= 4 is 28.5 Å². The number of carbonyl (C=O) groups excluding carboxylic acids is 2. The van der Waals surface area contributed by atoms with Gasteiger partial charge >= 0.3 is 0 Å². The molecule has 1 heterocycles. The zero-order chi connectivity index (χ0) is 20.9. The Morgan fingerprint density at radius 1 is 0.933 bits per heavy atom. The minimum Gasteiger partial charge on any atom is -0.340 e. The molecular weight excluding hydrogens is 376 g/mol. The van der Waals surface area contributed by atoms with E-state index in [1.807, 2.05) is 66.2 Å². The summed E-state index contributed by atoms with van der Waals surface area (Å²) in [4.78, 5) is 30.3. The maximum absolute atomic E-state index is 13.2. The second-order valence-corrected chi connectivity index (χ2v) is 7.10. The second kappa shape index (κ2) is 8.61. The van der Waals surface area contributed by atoms with Crippen molar-refractivity contribution in [2.75, 3.05) is 5.32 Å². The van der Waals surface area contributed by atoms with Crippen molar-refractivity contribution in [1.82, 2.24) is 14.9 Å². The number of aromatic nitrogens is 2. The second-order valence-electron chi connectivity index (χ2n) is 7.10. The first-order valence-corrected chi connectivity index (χ1v) is 9.72.